The van der Waals surface area contributed by atoms with Crippen molar-refractivity contribution in [2.24, 2.45) is 0 Å². The highest BCUT2D eigenvalue weighted by Crippen LogP contribution is 2.18. The maximum Gasteiger partial charge on any atom is 0.207 e. The molecule has 0 N–H and O–H groups in total. The Kier molecular flexibility index (Phi) is 6.83. The minimum atomic E-state index is 0.744. The van der Waals surface area contributed by atoms with E-state index >= 15 is 0 Å². The molecule has 2 rings (SSSR count). The zero-order chi connectivity index (χ0) is 16.5. The van der Waals surface area contributed by atoms with Gasteiger partial charge in [0, 0.05) is 16.7 Å². The minimum Gasteiger partial charge on any atom is -0.230 e. The highest BCUT2D eigenvalue weighted by molar-refractivity contribution is 6.48. The summed E-state index contributed by atoms with van der Waals surface area (Å²) in [5.74, 6) is 0. The van der Waals surface area contributed by atoms with Gasteiger partial charge in [-0.15, -0.1) is 0 Å². The molecule has 2 aromatic carbocycles. The van der Waals surface area contributed by atoms with Crippen LogP contribution in [0.2, 0.25) is 0 Å². The summed E-state index contributed by atoms with van der Waals surface area (Å²) >= 11 is 6.37. The molecule has 0 radical (unpaired) electrons. The molecule has 0 unspecified atom stereocenters. The summed E-state index contributed by atoms with van der Waals surface area (Å²) in [6, 6.07) is 20.5. The zero-order valence-electron chi connectivity index (χ0n) is 13.7. The first-order chi connectivity index (χ1) is 11.3. The van der Waals surface area contributed by atoms with Gasteiger partial charge in [0.15, 0.2) is 0 Å². The fraction of sp³-hybridized carbons (Fsp3) is 0.190. The third kappa shape index (κ3) is 4.94. The van der Waals surface area contributed by atoms with Crippen molar-refractivity contribution in [3.63, 3.8) is 0 Å². The van der Waals surface area contributed by atoms with Gasteiger partial charge in [-0.3, -0.25) is 0 Å². The number of benzene rings is 2. The van der Waals surface area contributed by atoms with Gasteiger partial charge < -0.3 is 0 Å². The second-order valence-corrected chi connectivity index (χ2v) is 5.57. The van der Waals surface area contributed by atoms with Crippen LogP contribution >= 0.6 is 11.6 Å². The van der Waals surface area contributed by atoms with Crippen LogP contribution in [0, 0.1) is 0 Å². The first-order valence-corrected chi connectivity index (χ1v) is 8.40. The van der Waals surface area contributed by atoms with Crippen LogP contribution in [-0.2, 0) is 0 Å². The molecule has 2 aromatic rings. The Morgan fingerprint density at radius 2 is 1.39 bits per heavy atom. The van der Waals surface area contributed by atoms with Crippen molar-refractivity contribution >= 4 is 22.3 Å². The molecule has 0 heterocycles. The second kappa shape index (κ2) is 9.12. The summed E-state index contributed by atoms with van der Waals surface area (Å²) in [7, 11) is 0. The third-order valence-corrected chi connectivity index (χ3v) is 4.06. The van der Waals surface area contributed by atoms with Crippen LogP contribution in [0.3, 0.4) is 0 Å². The predicted molar refractivity (Wildman–Crippen MR) is 101 cm³/mol. The molecule has 0 saturated carbocycles. The monoisotopic (exact) mass is 324 g/mol. The zero-order valence-corrected chi connectivity index (χ0v) is 14.5. The number of allylic oxidation sites excluding steroid dienone is 3. The Morgan fingerprint density at radius 1 is 0.870 bits per heavy atom. The van der Waals surface area contributed by atoms with Gasteiger partial charge in [0.25, 0.3) is 0 Å². The van der Waals surface area contributed by atoms with Gasteiger partial charge in [0.05, 0.1) is 0 Å². The summed E-state index contributed by atoms with van der Waals surface area (Å²) in [6.45, 7) is 6.29. The number of hydrogen-bond acceptors (Lipinski definition) is 0. The number of hydrogen-bond donors (Lipinski definition) is 0. The maximum absolute atomic E-state index is 6.37. The lowest BCUT2D eigenvalue weighted by molar-refractivity contribution is -0.519. The van der Waals surface area contributed by atoms with Crippen molar-refractivity contribution in [1.29, 1.82) is 0 Å². The lowest BCUT2D eigenvalue weighted by atomic mass is 10.1. The summed E-state index contributed by atoms with van der Waals surface area (Å²) in [5.41, 5.74) is 3.46. The van der Waals surface area contributed by atoms with Crippen LogP contribution in [0.1, 0.15) is 25.0 Å². The number of halogens is 1. The molecule has 0 aliphatic carbocycles. The predicted octanol–water partition coefficient (Wildman–Crippen LogP) is 5.36. The van der Waals surface area contributed by atoms with E-state index in [1.807, 2.05) is 48.6 Å². The van der Waals surface area contributed by atoms with Gasteiger partial charge >= 0.3 is 0 Å². The van der Waals surface area contributed by atoms with Gasteiger partial charge in [-0.2, -0.15) is 0 Å². The third-order valence-electron chi connectivity index (χ3n) is 3.72. The van der Waals surface area contributed by atoms with E-state index in [4.69, 9.17) is 11.6 Å². The molecule has 0 fully saturated rings. The highest BCUT2D eigenvalue weighted by atomic mass is 35.5. The molecule has 0 aliphatic rings. The fourth-order valence-corrected chi connectivity index (χ4v) is 2.67. The Hall–Kier alpha value is -2.12. The Labute approximate surface area is 144 Å². The number of rotatable bonds is 6. The van der Waals surface area contributed by atoms with E-state index in [0.29, 0.717) is 0 Å². The molecule has 1 nitrogen and oxygen atoms in total. The highest BCUT2D eigenvalue weighted by Gasteiger charge is 2.10. The average Bonchev–Trinajstić information content (AvgIpc) is 2.62. The van der Waals surface area contributed by atoms with Crippen LogP contribution < -0.4 is 0 Å². The molecular formula is C21H23ClN+. The van der Waals surface area contributed by atoms with Crippen molar-refractivity contribution in [2.75, 3.05) is 13.1 Å². The quantitative estimate of drug-likeness (QED) is 0.382. The van der Waals surface area contributed by atoms with E-state index in [-0.39, 0.29) is 0 Å². The van der Waals surface area contributed by atoms with Gasteiger partial charge in [-0.1, -0.05) is 66.2 Å². The fourth-order valence-electron chi connectivity index (χ4n) is 2.47. The van der Waals surface area contributed by atoms with Gasteiger partial charge in [-0.25, -0.2) is 4.58 Å². The van der Waals surface area contributed by atoms with Crippen LogP contribution in [0.15, 0.2) is 78.9 Å². The van der Waals surface area contributed by atoms with E-state index in [1.54, 1.807) is 0 Å². The lowest BCUT2D eigenvalue weighted by Crippen LogP contribution is -2.20. The first kappa shape index (κ1) is 17.2. The van der Waals surface area contributed by atoms with Crippen LogP contribution in [0.25, 0.3) is 5.03 Å². The molecule has 0 atom stereocenters. The van der Waals surface area contributed by atoms with Crippen molar-refractivity contribution < 1.29 is 4.58 Å². The van der Waals surface area contributed by atoms with Crippen molar-refractivity contribution in [3.05, 3.63) is 90.0 Å². The SMILES string of the molecule is CC[N+](CC)=C(/C=C/C=C(/Cl)c1ccccc1)c1ccccc1. The Bertz CT molecular complexity index is 691. The molecule has 0 saturated heterocycles. The first-order valence-electron chi connectivity index (χ1n) is 8.02. The normalized spacial score (nSPS) is 11.7. The van der Waals surface area contributed by atoms with E-state index in [9.17, 15) is 0 Å². The molecule has 118 valence electrons. The van der Waals surface area contributed by atoms with Crippen LogP contribution in [0.4, 0.5) is 0 Å². The standard InChI is InChI=1S/C21H23ClN/c1-3-23(4-2)21(19-14-9-6-10-15-19)17-11-16-20(22)18-12-7-5-8-13-18/h5-17H,3-4H2,1-2H3/q+1/b17-11+,20-16+. The van der Waals surface area contributed by atoms with Crippen molar-refractivity contribution in [2.45, 2.75) is 13.8 Å². The molecule has 0 amide bonds. The summed E-state index contributed by atoms with van der Waals surface area (Å²) < 4.78 is 2.34. The van der Waals surface area contributed by atoms with Gasteiger partial charge in [0.1, 0.15) is 13.1 Å². The number of nitrogens with zero attached hydrogens (tertiary/aromatic N) is 1. The van der Waals surface area contributed by atoms with Crippen LogP contribution in [0.5, 0.6) is 0 Å². The van der Waals surface area contributed by atoms with E-state index in [0.717, 1.165) is 23.7 Å². The van der Waals surface area contributed by atoms with E-state index in [1.165, 1.54) is 11.3 Å². The Balaban J connectivity index is 2.30. The Morgan fingerprint density at radius 3 is 1.91 bits per heavy atom. The summed E-state index contributed by atoms with van der Waals surface area (Å²) in [6.07, 6.45) is 6.10. The van der Waals surface area contributed by atoms with Gasteiger partial charge in [0.2, 0.25) is 5.71 Å². The molecule has 23 heavy (non-hydrogen) atoms. The van der Waals surface area contributed by atoms with Crippen molar-refractivity contribution in [1.82, 2.24) is 0 Å². The minimum absolute atomic E-state index is 0.744. The molecule has 0 aromatic heterocycles. The summed E-state index contributed by atoms with van der Waals surface area (Å²) in [4.78, 5) is 0. The van der Waals surface area contributed by atoms with Crippen molar-refractivity contribution in [3.8, 4) is 0 Å². The molecule has 0 aliphatic heterocycles. The average molecular weight is 325 g/mol. The maximum atomic E-state index is 6.37. The molecule has 2 heteroatoms. The smallest absolute Gasteiger partial charge is 0.207 e. The summed E-state index contributed by atoms with van der Waals surface area (Å²) in [5, 5.41) is 0.744. The van der Waals surface area contributed by atoms with E-state index < -0.39 is 0 Å². The molecule has 0 spiro atoms. The topological polar surface area (TPSA) is 3.01 Å². The van der Waals surface area contributed by atoms with E-state index in [2.05, 4.69) is 48.8 Å². The second-order valence-electron chi connectivity index (χ2n) is 5.16. The largest absolute Gasteiger partial charge is 0.230 e. The lowest BCUT2D eigenvalue weighted by Gasteiger charge is -2.04. The van der Waals surface area contributed by atoms with Crippen LogP contribution in [-0.4, -0.2) is 23.4 Å². The van der Waals surface area contributed by atoms with Gasteiger partial charge in [-0.05, 0) is 37.6 Å². The molecule has 0 bridgehead atoms. The molecular weight excluding hydrogens is 302 g/mol.